The highest BCUT2D eigenvalue weighted by molar-refractivity contribution is 7.10. The molecule has 1 aromatic heterocycles. The molecule has 0 aliphatic carbocycles. The van der Waals surface area contributed by atoms with Gasteiger partial charge in [-0.05, 0) is 36.6 Å². The van der Waals surface area contributed by atoms with E-state index in [4.69, 9.17) is 11.6 Å². The zero-order valence-corrected chi connectivity index (χ0v) is 10.3. The van der Waals surface area contributed by atoms with Crippen LogP contribution in [0.5, 0.6) is 5.75 Å². The van der Waals surface area contributed by atoms with Crippen LogP contribution in [0.25, 0.3) is 0 Å². The van der Waals surface area contributed by atoms with Crippen LogP contribution in [0.3, 0.4) is 0 Å². The maximum Gasteiger partial charge on any atom is 0.134 e. The maximum atomic E-state index is 9.30. The van der Waals surface area contributed by atoms with E-state index in [1.165, 1.54) is 4.88 Å². The van der Waals surface area contributed by atoms with Crippen LogP contribution in [-0.2, 0) is 0 Å². The summed E-state index contributed by atoms with van der Waals surface area (Å²) in [6.45, 7) is 2.09. The van der Waals surface area contributed by atoms with Crippen molar-refractivity contribution in [3.8, 4) is 5.75 Å². The minimum absolute atomic E-state index is 0.107. The van der Waals surface area contributed by atoms with Crippen LogP contribution in [0.15, 0.2) is 35.7 Å². The minimum atomic E-state index is 0.107. The molecule has 4 heteroatoms. The number of thiophene rings is 1. The number of benzene rings is 1. The first kappa shape index (κ1) is 11.3. The molecule has 0 amide bonds. The average molecular weight is 254 g/mol. The first-order valence-corrected chi connectivity index (χ1v) is 6.21. The van der Waals surface area contributed by atoms with E-state index in [0.29, 0.717) is 5.02 Å². The van der Waals surface area contributed by atoms with E-state index < -0.39 is 0 Å². The van der Waals surface area contributed by atoms with E-state index >= 15 is 0 Å². The lowest BCUT2D eigenvalue weighted by molar-refractivity contribution is 0.475. The molecule has 1 atom stereocenters. The Bertz CT molecular complexity index is 470. The van der Waals surface area contributed by atoms with Crippen molar-refractivity contribution in [2.45, 2.75) is 13.0 Å². The smallest absolute Gasteiger partial charge is 0.134 e. The Morgan fingerprint density at radius 3 is 2.81 bits per heavy atom. The predicted octanol–water partition coefficient (Wildman–Crippen LogP) is 4.28. The molecule has 2 aromatic rings. The number of phenolic OH excluding ortho intramolecular Hbond substituents is 1. The van der Waals surface area contributed by atoms with Crippen LogP contribution in [0.2, 0.25) is 5.02 Å². The van der Waals surface area contributed by atoms with Crippen LogP contribution in [0.4, 0.5) is 5.69 Å². The van der Waals surface area contributed by atoms with Crippen LogP contribution in [0, 0.1) is 0 Å². The van der Waals surface area contributed by atoms with Crippen molar-refractivity contribution in [1.29, 1.82) is 0 Å². The van der Waals surface area contributed by atoms with Gasteiger partial charge in [0, 0.05) is 10.6 Å². The molecular weight excluding hydrogens is 242 g/mol. The van der Waals surface area contributed by atoms with Gasteiger partial charge in [-0.1, -0.05) is 17.7 Å². The van der Waals surface area contributed by atoms with E-state index in [-0.39, 0.29) is 11.8 Å². The third-order valence-electron chi connectivity index (χ3n) is 2.30. The van der Waals surface area contributed by atoms with E-state index in [9.17, 15) is 5.11 Å². The van der Waals surface area contributed by atoms with E-state index in [1.807, 2.05) is 12.1 Å². The van der Waals surface area contributed by atoms with Gasteiger partial charge in [0.15, 0.2) is 0 Å². The number of anilines is 1. The Balaban J connectivity index is 2.12. The number of rotatable bonds is 3. The van der Waals surface area contributed by atoms with Gasteiger partial charge in [0.2, 0.25) is 0 Å². The monoisotopic (exact) mass is 253 g/mol. The fourth-order valence-corrected chi connectivity index (χ4v) is 2.37. The van der Waals surface area contributed by atoms with Gasteiger partial charge in [-0.25, -0.2) is 0 Å². The molecule has 0 aliphatic heterocycles. The third-order valence-corrected chi connectivity index (χ3v) is 3.66. The highest BCUT2D eigenvalue weighted by Gasteiger charge is 2.07. The summed E-state index contributed by atoms with van der Waals surface area (Å²) in [6.07, 6.45) is 0. The normalized spacial score (nSPS) is 12.4. The lowest BCUT2D eigenvalue weighted by atomic mass is 10.2. The summed E-state index contributed by atoms with van der Waals surface area (Å²) in [7, 11) is 0. The van der Waals surface area contributed by atoms with Crippen LogP contribution in [0.1, 0.15) is 17.8 Å². The van der Waals surface area contributed by atoms with E-state index in [1.54, 1.807) is 23.5 Å². The topological polar surface area (TPSA) is 32.3 Å². The number of hydrogen-bond acceptors (Lipinski definition) is 3. The first-order valence-electron chi connectivity index (χ1n) is 4.95. The van der Waals surface area contributed by atoms with Crippen LogP contribution in [-0.4, -0.2) is 5.11 Å². The zero-order chi connectivity index (χ0) is 11.5. The molecule has 1 heterocycles. The Hall–Kier alpha value is -1.19. The summed E-state index contributed by atoms with van der Waals surface area (Å²) < 4.78 is 0. The summed E-state index contributed by atoms with van der Waals surface area (Å²) in [4.78, 5) is 1.27. The number of aromatic hydroxyl groups is 1. The number of nitrogens with one attached hydrogen (secondary N) is 1. The Labute approximate surface area is 104 Å². The predicted molar refractivity (Wildman–Crippen MR) is 69.5 cm³/mol. The summed E-state index contributed by atoms with van der Waals surface area (Å²) in [5.74, 6) is 0.107. The molecule has 0 spiro atoms. The Morgan fingerprint density at radius 1 is 1.38 bits per heavy atom. The molecule has 0 bridgehead atoms. The van der Waals surface area contributed by atoms with Gasteiger partial charge in [-0.2, -0.15) is 0 Å². The second kappa shape index (κ2) is 4.76. The molecule has 2 rings (SSSR count). The zero-order valence-electron chi connectivity index (χ0n) is 8.77. The number of hydrogen-bond donors (Lipinski definition) is 2. The lowest BCUT2D eigenvalue weighted by Gasteiger charge is -2.14. The molecule has 0 saturated carbocycles. The van der Waals surface area contributed by atoms with Crippen LogP contribution < -0.4 is 5.32 Å². The first-order chi connectivity index (χ1) is 7.66. The molecule has 2 N–H and O–H groups in total. The van der Waals surface area contributed by atoms with Crippen molar-refractivity contribution in [1.82, 2.24) is 0 Å². The minimum Gasteiger partial charge on any atom is -0.506 e. The molecule has 0 fully saturated rings. The average Bonchev–Trinajstić information content (AvgIpc) is 2.77. The summed E-state index contributed by atoms with van der Waals surface area (Å²) in [6, 6.07) is 9.48. The Morgan fingerprint density at radius 2 is 2.19 bits per heavy atom. The van der Waals surface area contributed by atoms with Crippen molar-refractivity contribution in [2.75, 3.05) is 5.32 Å². The quantitative estimate of drug-likeness (QED) is 0.801. The molecule has 16 heavy (non-hydrogen) atoms. The molecule has 0 radical (unpaired) electrons. The summed E-state index contributed by atoms with van der Waals surface area (Å²) in [5, 5.41) is 15.0. The molecule has 0 aliphatic rings. The second-order valence-corrected chi connectivity index (χ2v) is 4.93. The van der Waals surface area contributed by atoms with Crippen molar-refractivity contribution < 1.29 is 5.11 Å². The molecular formula is C12H12ClNOS. The van der Waals surface area contributed by atoms with E-state index in [2.05, 4.69) is 23.7 Å². The molecule has 1 aromatic carbocycles. The lowest BCUT2D eigenvalue weighted by Crippen LogP contribution is -2.04. The highest BCUT2D eigenvalue weighted by atomic mass is 35.5. The summed E-state index contributed by atoms with van der Waals surface area (Å²) >= 11 is 7.55. The molecule has 84 valence electrons. The summed E-state index contributed by atoms with van der Waals surface area (Å²) in [5.41, 5.74) is 0.906. The number of phenols is 1. The SMILES string of the molecule is CC(Nc1ccc(O)c(Cl)c1)c1cccs1. The van der Waals surface area contributed by atoms with E-state index in [0.717, 1.165) is 5.69 Å². The van der Waals surface area contributed by atoms with Crippen molar-refractivity contribution >= 4 is 28.6 Å². The van der Waals surface area contributed by atoms with Gasteiger partial charge >= 0.3 is 0 Å². The molecule has 0 saturated heterocycles. The van der Waals surface area contributed by atoms with Gasteiger partial charge in [-0.15, -0.1) is 11.3 Å². The second-order valence-electron chi connectivity index (χ2n) is 3.55. The largest absolute Gasteiger partial charge is 0.506 e. The van der Waals surface area contributed by atoms with Crippen molar-refractivity contribution in [2.24, 2.45) is 0 Å². The highest BCUT2D eigenvalue weighted by Crippen LogP contribution is 2.29. The molecule has 2 nitrogen and oxygen atoms in total. The van der Waals surface area contributed by atoms with Gasteiger partial charge in [0.1, 0.15) is 5.75 Å². The standard InChI is InChI=1S/C12H12ClNOS/c1-8(12-3-2-6-16-12)14-9-4-5-11(15)10(13)7-9/h2-8,14-15H,1H3. The number of halogens is 1. The maximum absolute atomic E-state index is 9.30. The van der Waals surface area contributed by atoms with Crippen LogP contribution >= 0.6 is 22.9 Å². The molecule has 1 unspecified atom stereocenters. The van der Waals surface area contributed by atoms with Crippen molar-refractivity contribution in [3.05, 3.63) is 45.6 Å². The van der Waals surface area contributed by atoms with Gasteiger partial charge in [-0.3, -0.25) is 0 Å². The van der Waals surface area contributed by atoms with Gasteiger partial charge < -0.3 is 10.4 Å². The van der Waals surface area contributed by atoms with Crippen molar-refractivity contribution in [3.63, 3.8) is 0 Å². The fourth-order valence-electron chi connectivity index (χ4n) is 1.46. The Kier molecular flexibility index (Phi) is 3.36. The van der Waals surface area contributed by atoms with Gasteiger partial charge in [0.25, 0.3) is 0 Å². The third kappa shape index (κ3) is 2.49. The van der Waals surface area contributed by atoms with Gasteiger partial charge in [0.05, 0.1) is 11.1 Å². The fraction of sp³-hybridized carbons (Fsp3) is 0.167.